The van der Waals surface area contributed by atoms with Crippen molar-refractivity contribution in [2.45, 2.75) is 18.9 Å². The van der Waals surface area contributed by atoms with E-state index in [4.69, 9.17) is 5.73 Å². The fourth-order valence-electron chi connectivity index (χ4n) is 2.97. The Labute approximate surface area is 119 Å². The van der Waals surface area contributed by atoms with E-state index in [2.05, 4.69) is 53.2 Å². The third-order valence-electron chi connectivity index (χ3n) is 4.07. The number of nitrogens with zero attached hydrogens (tertiary/aromatic N) is 2. The third-order valence-corrected chi connectivity index (χ3v) is 4.07. The highest BCUT2D eigenvalue weighted by Crippen LogP contribution is 2.39. The monoisotopic (exact) mass is 265 g/mol. The molecule has 0 saturated heterocycles. The van der Waals surface area contributed by atoms with E-state index in [-0.39, 0.29) is 5.54 Å². The first kappa shape index (κ1) is 12.7. The van der Waals surface area contributed by atoms with Crippen molar-refractivity contribution < 1.29 is 0 Å². The SMILES string of the molecule is CCC1(c2ccccc2)CN=C(N)N1c1ccccc1. The molecule has 0 bridgehead atoms. The molecule has 3 rings (SSSR count). The first-order valence-corrected chi connectivity index (χ1v) is 6.98. The second-order valence-electron chi connectivity index (χ2n) is 5.10. The molecule has 0 amide bonds. The van der Waals surface area contributed by atoms with E-state index in [0.29, 0.717) is 12.5 Å². The van der Waals surface area contributed by atoms with E-state index in [1.54, 1.807) is 0 Å². The van der Waals surface area contributed by atoms with Crippen molar-refractivity contribution in [1.29, 1.82) is 0 Å². The van der Waals surface area contributed by atoms with Gasteiger partial charge in [0.2, 0.25) is 0 Å². The van der Waals surface area contributed by atoms with Crippen LogP contribution in [0.4, 0.5) is 5.69 Å². The molecule has 1 atom stereocenters. The van der Waals surface area contributed by atoms with Gasteiger partial charge in [0.25, 0.3) is 0 Å². The Morgan fingerprint density at radius 3 is 2.25 bits per heavy atom. The van der Waals surface area contributed by atoms with E-state index in [0.717, 1.165) is 12.1 Å². The summed E-state index contributed by atoms with van der Waals surface area (Å²) in [6.45, 7) is 2.89. The van der Waals surface area contributed by atoms with Gasteiger partial charge in [0.1, 0.15) is 0 Å². The van der Waals surface area contributed by atoms with Gasteiger partial charge in [-0.2, -0.15) is 0 Å². The van der Waals surface area contributed by atoms with Crippen LogP contribution >= 0.6 is 0 Å². The van der Waals surface area contributed by atoms with E-state index in [9.17, 15) is 0 Å². The minimum absolute atomic E-state index is 0.174. The molecule has 0 saturated carbocycles. The Kier molecular flexibility index (Phi) is 3.18. The Hall–Kier alpha value is -2.29. The number of guanidine groups is 1. The van der Waals surface area contributed by atoms with Gasteiger partial charge in [0, 0.05) is 5.69 Å². The van der Waals surface area contributed by atoms with Gasteiger partial charge < -0.3 is 10.6 Å². The fraction of sp³-hybridized carbons (Fsp3) is 0.235. The summed E-state index contributed by atoms with van der Waals surface area (Å²) < 4.78 is 0. The Morgan fingerprint density at radius 2 is 1.65 bits per heavy atom. The van der Waals surface area contributed by atoms with Crippen LogP contribution in [0, 0.1) is 0 Å². The predicted octanol–water partition coefficient (Wildman–Crippen LogP) is 3.13. The van der Waals surface area contributed by atoms with Gasteiger partial charge >= 0.3 is 0 Å². The molecular formula is C17H19N3. The van der Waals surface area contributed by atoms with Crippen LogP contribution in [0.1, 0.15) is 18.9 Å². The zero-order valence-corrected chi connectivity index (χ0v) is 11.7. The molecule has 3 heteroatoms. The Bertz CT molecular complexity index is 607. The number of nitrogens with two attached hydrogens (primary N) is 1. The molecule has 1 unspecified atom stereocenters. The summed E-state index contributed by atoms with van der Waals surface area (Å²) in [6.07, 6.45) is 0.954. The van der Waals surface area contributed by atoms with E-state index < -0.39 is 0 Å². The minimum atomic E-state index is -0.174. The summed E-state index contributed by atoms with van der Waals surface area (Å²) >= 11 is 0. The molecule has 1 heterocycles. The van der Waals surface area contributed by atoms with Gasteiger partial charge in [-0.1, -0.05) is 55.5 Å². The molecule has 1 aliphatic rings. The molecule has 102 valence electrons. The summed E-state index contributed by atoms with van der Waals surface area (Å²) in [5.74, 6) is 0.599. The Morgan fingerprint density at radius 1 is 1.05 bits per heavy atom. The van der Waals surface area contributed by atoms with Crippen LogP contribution in [0.3, 0.4) is 0 Å². The average molecular weight is 265 g/mol. The molecule has 0 aliphatic carbocycles. The topological polar surface area (TPSA) is 41.6 Å². The van der Waals surface area contributed by atoms with Crippen molar-refractivity contribution in [3.05, 3.63) is 66.2 Å². The van der Waals surface area contributed by atoms with Crippen molar-refractivity contribution in [3.63, 3.8) is 0 Å². The van der Waals surface area contributed by atoms with Gasteiger partial charge in [0.15, 0.2) is 5.96 Å². The van der Waals surface area contributed by atoms with Crippen LogP contribution in [-0.2, 0) is 5.54 Å². The summed E-state index contributed by atoms with van der Waals surface area (Å²) in [7, 11) is 0. The average Bonchev–Trinajstić information content (AvgIpc) is 2.87. The quantitative estimate of drug-likeness (QED) is 0.926. The number of hydrogen-bond donors (Lipinski definition) is 1. The van der Waals surface area contributed by atoms with Crippen LogP contribution in [0.2, 0.25) is 0 Å². The number of rotatable bonds is 3. The highest BCUT2D eigenvalue weighted by atomic mass is 15.4. The standard InChI is InChI=1S/C17H19N3/c1-2-17(14-9-5-3-6-10-14)13-19-16(18)20(17)15-11-7-4-8-12-15/h3-12H,2,13H2,1H3,(H2,18,19). The van der Waals surface area contributed by atoms with E-state index >= 15 is 0 Å². The summed E-state index contributed by atoms with van der Waals surface area (Å²) in [4.78, 5) is 6.68. The maximum atomic E-state index is 6.18. The highest BCUT2D eigenvalue weighted by Gasteiger charge is 2.43. The second-order valence-corrected chi connectivity index (χ2v) is 5.10. The molecule has 0 aromatic heterocycles. The van der Waals surface area contributed by atoms with Crippen LogP contribution in [0.25, 0.3) is 0 Å². The number of anilines is 1. The zero-order chi connectivity index (χ0) is 14.0. The van der Waals surface area contributed by atoms with Crippen LogP contribution < -0.4 is 10.6 Å². The lowest BCUT2D eigenvalue weighted by atomic mass is 9.86. The van der Waals surface area contributed by atoms with Crippen molar-refractivity contribution in [3.8, 4) is 0 Å². The van der Waals surface area contributed by atoms with Gasteiger partial charge in [-0.3, -0.25) is 4.99 Å². The summed E-state index contributed by atoms with van der Waals surface area (Å²) in [5, 5.41) is 0. The van der Waals surface area contributed by atoms with Crippen molar-refractivity contribution in [1.82, 2.24) is 0 Å². The highest BCUT2D eigenvalue weighted by molar-refractivity contribution is 5.98. The first-order valence-electron chi connectivity index (χ1n) is 6.98. The minimum Gasteiger partial charge on any atom is -0.369 e. The number of para-hydroxylation sites is 1. The molecule has 0 fully saturated rings. The van der Waals surface area contributed by atoms with E-state index in [1.807, 2.05) is 24.3 Å². The first-order chi connectivity index (χ1) is 9.78. The maximum Gasteiger partial charge on any atom is 0.196 e. The van der Waals surface area contributed by atoms with E-state index in [1.165, 1.54) is 5.56 Å². The second kappa shape index (κ2) is 5.00. The molecule has 0 spiro atoms. The molecule has 1 aliphatic heterocycles. The maximum absolute atomic E-state index is 6.18. The molecular weight excluding hydrogens is 246 g/mol. The predicted molar refractivity (Wildman–Crippen MR) is 83.8 cm³/mol. The molecule has 2 aromatic rings. The summed E-state index contributed by atoms with van der Waals surface area (Å²) in [6, 6.07) is 20.8. The normalized spacial score (nSPS) is 21.9. The lowest BCUT2D eigenvalue weighted by Gasteiger charge is -2.39. The Balaban J connectivity index is 2.12. The van der Waals surface area contributed by atoms with Gasteiger partial charge in [0.05, 0.1) is 12.1 Å². The molecule has 3 nitrogen and oxygen atoms in total. The third kappa shape index (κ3) is 1.86. The lowest BCUT2D eigenvalue weighted by molar-refractivity contribution is 0.462. The van der Waals surface area contributed by atoms with Crippen LogP contribution in [0.15, 0.2) is 65.7 Å². The number of aliphatic imine (C=N–C) groups is 1. The smallest absolute Gasteiger partial charge is 0.196 e. The van der Waals surface area contributed by atoms with Crippen molar-refractivity contribution in [2.75, 3.05) is 11.4 Å². The summed E-state index contributed by atoms with van der Waals surface area (Å²) in [5.41, 5.74) is 8.36. The largest absolute Gasteiger partial charge is 0.369 e. The molecule has 0 radical (unpaired) electrons. The lowest BCUT2D eigenvalue weighted by Crippen LogP contribution is -2.49. The number of benzene rings is 2. The molecule has 2 N–H and O–H groups in total. The zero-order valence-electron chi connectivity index (χ0n) is 11.7. The van der Waals surface area contributed by atoms with Crippen LogP contribution in [-0.4, -0.2) is 12.5 Å². The fourth-order valence-corrected chi connectivity index (χ4v) is 2.97. The van der Waals surface area contributed by atoms with Gasteiger partial charge in [-0.05, 0) is 24.1 Å². The van der Waals surface area contributed by atoms with Crippen LogP contribution in [0.5, 0.6) is 0 Å². The van der Waals surface area contributed by atoms with Gasteiger partial charge in [-0.15, -0.1) is 0 Å². The van der Waals surface area contributed by atoms with Crippen molar-refractivity contribution in [2.24, 2.45) is 10.7 Å². The van der Waals surface area contributed by atoms with Crippen molar-refractivity contribution >= 4 is 11.6 Å². The molecule has 20 heavy (non-hydrogen) atoms. The number of hydrogen-bond acceptors (Lipinski definition) is 3. The molecule has 2 aromatic carbocycles. The van der Waals surface area contributed by atoms with Gasteiger partial charge in [-0.25, -0.2) is 0 Å².